The van der Waals surface area contributed by atoms with E-state index >= 15 is 0 Å². The summed E-state index contributed by atoms with van der Waals surface area (Å²) in [4.78, 5) is 23.2. The maximum Gasteiger partial charge on any atom is 0.279 e. The topological polar surface area (TPSA) is 58.2 Å². The van der Waals surface area contributed by atoms with Crippen LogP contribution in [0.3, 0.4) is 0 Å². The first kappa shape index (κ1) is 14.2. The van der Waals surface area contributed by atoms with Gasteiger partial charge in [0.25, 0.3) is 11.8 Å². The molecular formula is C15H17FN2O2. The predicted molar refractivity (Wildman–Crippen MR) is 73.6 cm³/mol. The summed E-state index contributed by atoms with van der Waals surface area (Å²) in [6.45, 7) is 1.64. The summed E-state index contributed by atoms with van der Waals surface area (Å²) in [6, 6.07) is 7.24. The fourth-order valence-corrected chi connectivity index (χ4v) is 1.72. The van der Waals surface area contributed by atoms with Crippen molar-refractivity contribution in [2.75, 3.05) is 0 Å². The number of carbonyl (C=O) groups is 2. The molecule has 1 aromatic rings. The summed E-state index contributed by atoms with van der Waals surface area (Å²) in [7, 11) is 0. The average molecular weight is 276 g/mol. The molecule has 1 aliphatic carbocycles. The van der Waals surface area contributed by atoms with Crippen molar-refractivity contribution in [1.82, 2.24) is 10.6 Å². The first-order valence-electron chi connectivity index (χ1n) is 6.60. The van der Waals surface area contributed by atoms with Crippen molar-refractivity contribution < 1.29 is 14.0 Å². The van der Waals surface area contributed by atoms with E-state index in [1.807, 2.05) is 0 Å². The number of carbonyl (C=O) groups excluding carboxylic acids is 2. The van der Waals surface area contributed by atoms with Gasteiger partial charge in [-0.05, 0) is 43.5 Å². The van der Waals surface area contributed by atoms with Gasteiger partial charge in [0.05, 0.1) is 0 Å². The van der Waals surface area contributed by atoms with Crippen LogP contribution in [-0.4, -0.2) is 17.9 Å². The zero-order chi connectivity index (χ0) is 14.5. The summed E-state index contributed by atoms with van der Waals surface area (Å²) in [5, 5.41) is 5.35. The highest BCUT2D eigenvalue weighted by Crippen LogP contribution is 2.19. The molecule has 1 aliphatic rings. The lowest BCUT2D eigenvalue weighted by Crippen LogP contribution is -2.26. The Morgan fingerprint density at radius 3 is 2.80 bits per heavy atom. The quantitative estimate of drug-likeness (QED) is 0.809. The normalized spacial score (nSPS) is 14.8. The first-order valence-corrected chi connectivity index (χ1v) is 6.60. The van der Waals surface area contributed by atoms with Gasteiger partial charge in [0, 0.05) is 18.2 Å². The Balaban J connectivity index is 1.95. The number of amides is 2. The molecule has 0 bridgehead atoms. The van der Waals surface area contributed by atoms with E-state index in [0.29, 0.717) is 11.6 Å². The second-order valence-electron chi connectivity index (χ2n) is 4.77. The van der Waals surface area contributed by atoms with Crippen LogP contribution in [0.1, 0.15) is 35.7 Å². The number of hydrogen-bond acceptors (Lipinski definition) is 2. The fourth-order valence-electron chi connectivity index (χ4n) is 1.72. The zero-order valence-corrected chi connectivity index (χ0v) is 11.3. The van der Waals surface area contributed by atoms with E-state index in [2.05, 4.69) is 10.6 Å². The summed E-state index contributed by atoms with van der Waals surface area (Å²) >= 11 is 0. The van der Waals surface area contributed by atoms with Gasteiger partial charge in [0.15, 0.2) is 5.83 Å². The van der Waals surface area contributed by atoms with Crippen LogP contribution in [-0.2, 0) is 11.3 Å². The van der Waals surface area contributed by atoms with Crippen LogP contribution in [0.15, 0.2) is 36.2 Å². The fraction of sp³-hybridized carbons (Fsp3) is 0.333. The van der Waals surface area contributed by atoms with Crippen molar-refractivity contribution in [3.63, 3.8) is 0 Å². The van der Waals surface area contributed by atoms with E-state index in [0.717, 1.165) is 24.5 Å². The minimum Gasteiger partial charge on any atom is -0.349 e. The lowest BCUT2D eigenvalue weighted by molar-refractivity contribution is -0.119. The third-order valence-electron chi connectivity index (χ3n) is 3.03. The van der Waals surface area contributed by atoms with Crippen LogP contribution >= 0.6 is 0 Å². The van der Waals surface area contributed by atoms with E-state index < -0.39 is 11.7 Å². The van der Waals surface area contributed by atoms with E-state index in [1.165, 1.54) is 6.92 Å². The highest BCUT2D eigenvalue weighted by atomic mass is 19.1. The second kappa shape index (κ2) is 6.32. The lowest BCUT2D eigenvalue weighted by atomic mass is 10.1. The molecule has 0 atom stereocenters. The smallest absolute Gasteiger partial charge is 0.279 e. The molecule has 2 rings (SSSR count). The van der Waals surface area contributed by atoms with Crippen LogP contribution in [0.5, 0.6) is 0 Å². The van der Waals surface area contributed by atoms with Gasteiger partial charge in [-0.1, -0.05) is 12.1 Å². The van der Waals surface area contributed by atoms with E-state index in [4.69, 9.17) is 0 Å². The Morgan fingerprint density at radius 1 is 1.40 bits per heavy atom. The third kappa shape index (κ3) is 3.91. The summed E-state index contributed by atoms with van der Waals surface area (Å²) < 4.78 is 13.0. The predicted octanol–water partition coefficient (Wildman–Crippen LogP) is 2.07. The molecule has 2 N–H and O–H groups in total. The summed E-state index contributed by atoms with van der Waals surface area (Å²) in [5.74, 6) is -1.67. The van der Waals surface area contributed by atoms with E-state index in [9.17, 15) is 14.0 Å². The first-order chi connectivity index (χ1) is 9.60. The molecule has 20 heavy (non-hydrogen) atoms. The Morgan fingerprint density at radius 2 is 2.15 bits per heavy atom. The molecule has 0 unspecified atom stereocenters. The molecule has 1 saturated carbocycles. The van der Waals surface area contributed by atoms with Gasteiger partial charge in [-0.2, -0.15) is 0 Å². The van der Waals surface area contributed by atoms with E-state index in [-0.39, 0.29) is 12.5 Å². The van der Waals surface area contributed by atoms with Gasteiger partial charge in [0.2, 0.25) is 0 Å². The minimum absolute atomic E-state index is 0.111. The number of halogens is 1. The number of nitrogens with one attached hydrogen (secondary N) is 2. The maximum atomic E-state index is 13.0. The van der Waals surface area contributed by atoms with Gasteiger partial charge < -0.3 is 10.6 Å². The number of rotatable bonds is 5. The van der Waals surface area contributed by atoms with Crippen LogP contribution in [0.4, 0.5) is 4.39 Å². The van der Waals surface area contributed by atoms with Crippen molar-refractivity contribution >= 4 is 11.8 Å². The highest BCUT2D eigenvalue weighted by Gasteiger charge is 2.23. The maximum absolute atomic E-state index is 13.0. The van der Waals surface area contributed by atoms with Crippen LogP contribution < -0.4 is 10.6 Å². The Kier molecular flexibility index (Phi) is 4.50. The van der Waals surface area contributed by atoms with Crippen LogP contribution in [0, 0.1) is 0 Å². The van der Waals surface area contributed by atoms with Crippen molar-refractivity contribution in [3.8, 4) is 0 Å². The molecule has 4 nitrogen and oxygen atoms in total. The molecule has 2 amide bonds. The van der Waals surface area contributed by atoms with Crippen LogP contribution in [0.2, 0.25) is 0 Å². The number of allylic oxidation sites excluding steroid dienone is 1. The lowest BCUT2D eigenvalue weighted by Gasteiger charge is -2.07. The Labute approximate surface area is 117 Å². The largest absolute Gasteiger partial charge is 0.349 e. The zero-order valence-electron chi connectivity index (χ0n) is 11.3. The molecule has 106 valence electrons. The molecule has 0 aliphatic heterocycles. The molecule has 0 heterocycles. The molecule has 5 heteroatoms. The standard InChI is InChI=1S/C15H17FN2O2/c1-2-13(16)15(20)17-9-10-4-3-5-11(8-10)14(19)18-12-6-7-12/h2-5,8,12H,6-7,9H2,1H3,(H,17,20)(H,18,19)/b13-2-. The van der Waals surface area contributed by atoms with Crippen molar-refractivity contribution in [1.29, 1.82) is 0 Å². The average Bonchev–Trinajstić information content (AvgIpc) is 3.28. The minimum atomic E-state index is -0.812. The van der Waals surface area contributed by atoms with Crippen LogP contribution in [0.25, 0.3) is 0 Å². The SMILES string of the molecule is C/C=C(\F)C(=O)NCc1cccc(C(=O)NC2CC2)c1. The molecule has 1 aromatic carbocycles. The molecular weight excluding hydrogens is 259 g/mol. The molecule has 0 aromatic heterocycles. The Hall–Kier alpha value is -2.17. The van der Waals surface area contributed by atoms with E-state index in [1.54, 1.807) is 24.3 Å². The van der Waals surface area contributed by atoms with Crippen molar-refractivity contribution in [3.05, 3.63) is 47.3 Å². The molecule has 1 fully saturated rings. The number of benzene rings is 1. The second-order valence-corrected chi connectivity index (χ2v) is 4.77. The third-order valence-corrected chi connectivity index (χ3v) is 3.03. The highest BCUT2D eigenvalue weighted by molar-refractivity contribution is 5.94. The van der Waals surface area contributed by atoms with Gasteiger partial charge in [-0.15, -0.1) is 0 Å². The molecule has 0 radical (unpaired) electrons. The van der Waals surface area contributed by atoms with Crippen molar-refractivity contribution in [2.24, 2.45) is 0 Å². The summed E-state index contributed by atoms with van der Waals surface area (Å²) in [5.41, 5.74) is 1.31. The van der Waals surface area contributed by atoms with Crippen molar-refractivity contribution in [2.45, 2.75) is 32.4 Å². The monoisotopic (exact) mass is 276 g/mol. The van der Waals surface area contributed by atoms with Gasteiger partial charge >= 0.3 is 0 Å². The van der Waals surface area contributed by atoms with Gasteiger partial charge in [-0.3, -0.25) is 9.59 Å². The Bertz CT molecular complexity index is 551. The molecule has 0 saturated heterocycles. The van der Waals surface area contributed by atoms with Gasteiger partial charge in [0.1, 0.15) is 0 Å². The molecule has 0 spiro atoms. The summed E-state index contributed by atoms with van der Waals surface area (Å²) in [6.07, 6.45) is 3.17. The number of hydrogen-bond donors (Lipinski definition) is 2. The van der Waals surface area contributed by atoms with Gasteiger partial charge in [-0.25, -0.2) is 4.39 Å².